The topological polar surface area (TPSA) is 33.6 Å². The van der Waals surface area contributed by atoms with Gasteiger partial charge in [0.05, 0.1) is 0 Å². The van der Waals surface area contributed by atoms with Crippen LogP contribution in [0.1, 0.15) is 83.5 Å². The van der Waals surface area contributed by atoms with Crippen molar-refractivity contribution in [1.29, 1.82) is 0 Å². The Kier molecular flexibility index (Phi) is 5.20. The van der Waals surface area contributed by atoms with E-state index in [1.54, 1.807) is 0 Å². The fraction of sp³-hybridized carbons (Fsp3) is 0.867. The fourth-order valence-corrected chi connectivity index (χ4v) is 3.66. The number of unbranched alkanes of at least 4 members (excludes halogenated alkanes) is 1. The minimum absolute atomic E-state index is 0.402. The zero-order chi connectivity index (χ0) is 13.8. The third kappa shape index (κ3) is 3.47. The number of nitrogens with zero attached hydrogens (tertiary/aromatic N) is 2. The molecule has 1 aromatic rings. The smallest absolute Gasteiger partial charge is 0.195 e. The molecule has 1 aliphatic rings. The lowest BCUT2D eigenvalue weighted by Crippen LogP contribution is -2.18. The van der Waals surface area contributed by atoms with Gasteiger partial charge in [-0.1, -0.05) is 26.2 Å². The fourth-order valence-electron chi connectivity index (χ4n) is 3.31. The lowest BCUT2D eigenvalue weighted by molar-refractivity contribution is 0.292. The number of aromatic amines is 1. The van der Waals surface area contributed by atoms with Crippen molar-refractivity contribution in [2.45, 2.75) is 77.7 Å². The van der Waals surface area contributed by atoms with Crippen molar-refractivity contribution >= 4 is 12.2 Å². The van der Waals surface area contributed by atoms with Gasteiger partial charge in [-0.3, -0.25) is 5.10 Å². The van der Waals surface area contributed by atoms with E-state index in [1.807, 2.05) is 0 Å². The van der Waals surface area contributed by atoms with E-state index in [4.69, 9.17) is 12.2 Å². The van der Waals surface area contributed by atoms with E-state index in [-0.39, 0.29) is 0 Å². The standard InChI is InChI=1S/C15H27N3S/c1-4-5-6-12-7-9-13(10-8-12)14-16-17-15(19)18(14)11(2)3/h11-13H,4-10H2,1-3H3,(H,17,19). The van der Waals surface area contributed by atoms with Crippen LogP contribution in [0.5, 0.6) is 0 Å². The van der Waals surface area contributed by atoms with Crippen LogP contribution in [0, 0.1) is 10.7 Å². The Morgan fingerprint density at radius 2 is 2.00 bits per heavy atom. The van der Waals surface area contributed by atoms with E-state index in [9.17, 15) is 0 Å². The summed E-state index contributed by atoms with van der Waals surface area (Å²) < 4.78 is 2.98. The molecular formula is C15H27N3S. The first kappa shape index (κ1) is 14.8. The molecule has 0 radical (unpaired) electrons. The monoisotopic (exact) mass is 281 g/mol. The average molecular weight is 281 g/mol. The number of aromatic nitrogens is 3. The summed E-state index contributed by atoms with van der Waals surface area (Å²) in [7, 11) is 0. The second-order valence-corrected chi connectivity index (χ2v) is 6.60. The van der Waals surface area contributed by atoms with Crippen molar-refractivity contribution in [2.75, 3.05) is 0 Å². The Labute approximate surface area is 121 Å². The van der Waals surface area contributed by atoms with Crippen LogP contribution in [-0.2, 0) is 0 Å². The molecule has 0 bridgehead atoms. The van der Waals surface area contributed by atoms with Gasteiger partial charge in [-0.05, 0) is 57.7 Å². The van der Waals surface area contributed by atoms with Gasteiger partial charge in [-0.25, -0.2) is 0 Å². The molecule has 2 rings (SSSR count). The highest BCUT2D eigenvalue weighted by Crippen LogP contribution is 2.37. The number of hydrogen-bond acceptors (Lipinski definition) is 2. The van der Waals surface area contributed by atoms with Gasteiger partial charge >= 0.3 is 0 Å². The predicted molar refractivity (Wildman–Crippen MR) is 82.0 cm³/mol. The highest BCUT2D eigenvalue weighted by Gasteiger charge is 2.26. The third-order valence-electron chi connectivity index (χ3n) is 4.43. The van der Waals surface area contributed by atoms with E-state index in [1.165, 1.54) is 50.8 Å². The molecule has 0 spiro atoms. The van der Waals surface area contributed by atoms with Crippen LogP contribution in [-0.4, -0.2) is 14.8 Å². The van der Waals surface area contributed by atoms with E-state index < -0.39 is 0 Å². The van der Waals surface area contributed by atoms with Gasteiger partial charge in [0, 0.05) is 12.0 Å². The SMILES string of the molecule is CCCCC1CCC(c2n[nH]c(=S)n2C(C)C)CC1. The molecule has 1 aliphatic carbocycles. The number of hydrogen-bond donors (Lipinski definition) is 1. The maximum absolute atomic E-state index is 5.34. The number of H-pyrrole nitrogens is 1. The molecule has 0 unspecified atom stereocenters. The maximum atomic E-state index is 5.34. The van der Waals surface area contributed by atoms with Crippen LogP contribution in [0.15, 0.2) is 0 Å². The highest BCUT2D eigenvalue weighted by molar-refractivity contribution is 7.71. The van der Waals surface area contributed by atoms with Crippen molar-refractivity contribution < 1.29 is 0 Å². The molecule has 108 valence electrons. The van der Waals surface area contributed by atoms with Gasteiger partial charge in [-0.15, -0.1) is 0 Å². The van der Waals surface area contributed by atoms with Crippen molar-refractivity contribution in [2.24, 2.45) is 5.92 Å². The molecule has 19 heavy (non-hydrogen) atoms. The second-order valence-electron chi connectivity index (χ2n) is 6.21. The Balaban J connectivity index is 2.00. The van der Waals surface area contributed by atoms with Crippen molar-refractivity contribution in [3.63, 3.8) is 0 Å². The van der Waals surface area contributed by atoms with Crippen LogP contribution < -0.4 is 0 Å². The average Bonchev–Trinajstić information content (AvgIpc) is 2.79. The van der Waals surface area contributed by atoms with E-state index >= 15 is 0 Å². The molecule has 0 aromatic carbocycles. The van der Waals surface area contributed by atoms with E-state index in [0.29, 0.717) is 12.0 Å². The summed E-state index contributed by atoms with van der Waals surface area (Å²) in [4.78, 5) is 0. The molecule has 4 heteroatoms. The molecule has 1 saturated carbocycles. The first-order valence-electron chi connectivity index (χ1n) is 7.80. The number of rotatable bonds is 5. The van der Waals surface area contributed by atoms with Crippen LogP contribution in [0.4, 0.5) is 0 Å². The van der Waals surface area contributed by atoms with E-state index in [0.717, 1.165) is 10.7 Å². The Morgan fingerprint density at radius 3 is 2.58 bits per heavy atom. The van der Waals surface area contributed by atoms with Gasteiger partial charge < -0.3 is 4.57 Å². The largest absolute Gasteiger partial charge is 0.301 e. The Morgan fingerprint density at radius 1 is 1.32 bits per heavy atom. The summed E-state index contributed by atoms with van der Waals surface area (Å²) in [5, 5.41) is 7.47. The number of nitrogens with one attached hydrogen (secondary N) is 1. The molecular weight excluding hydrogens is 254 g/mol. The zero-order valence-corrected chi connectivity index (χ0v) is 13.3. The molecule has 0 atom stereocenters. The zero-order valence-electron chi connectivity index (χ0n) is 12.5. The lowest BCUT2D eigenvalue weighted by Gasteiger charge is -2.28. The van der Waals surface area contributed by atoms with Crippen molar-refractivity contribution in [3.8, 4) is 0 Å². The lowest BCUT2D eigenvalue weighted by atomic mass is 9.79. The summed E-state index contributed by atoms with van der Waals surface area (Å²) in [5.41, 5.74) is 0. The van der Waals surface area contributed by atoms with Crippen LogP contribution >= 0.6 is 12.2 Å². The van der Waals surface area contributed by atoms with Gasteiger partial charge in [0.15, 0.2) is 4.77 Å². The molecule has 0 saturated heterocycles. The first-order valence-corrected chi connectivity index (χ1v) is 8.21. The minimum Gasteiger partial charge on any atom is -0.301 e. The predicted octanol–water partition coefficient (Wildman–Crippen LogP) is 4.99. The molecule has 1 heterocycles. The maximum Gasteiger partial charge on any atom is 0.195 e. The van der Waals surface area contributed by atoms with E-state index in [2.05, 4.69) is 35.5 Å². The van der Waals surface area contributed by atoms with Gasteiger partial charge in [0.2, 0.25) is 0 Å². The minimum atomic E-state index is 0.402. The Hall–Kier alpha value is -0.640. The molecule has 0 amide bonds. The summed E-state index contributed by atoms with van der Waals surface area (Å²) in [5.74, 6) is 2.74. The highest BCUT2D eigenvalue weighted by atomic mass is 32.1. The van der Waals surface area contributed by atoms with Crippen LogP contribution in [0.25, 0.3) is 0 Å². The van der Waals surface area contributed by atoms with Crippen LogP contribution in [0.3, 0.4) is 0 Å². The Bertz CT molecular complexity index is 438. The van der Waals surface area contributed by atoms with Crippen molar-refractivity contribution in [1.82, 2.24) is 14.8 Å². The van der Waals surface area contributed by atoms with Crippen LogP contribution in [0.2, 0.25) is 0 Å². The normalized spacial score (nSPS) is 24.0. The molecule has 0 aliphatic heterocycles. The summed E-state index contributed by atoms with van der Waals surface area (Å²) in [6.45, 7) is 6.65. The molecule has 1 aromatic heterocycles. The molecule has 3 nitrogen and oxygen atoms in total. The van der Waals surface area contributed by atoms with Crippen molar-refractivity contribution in [3.05, 3.63) is 10.6 Å². The summed E-state index contributed by atoms with van der Waals surface area (Å²) in [6.07, 6.45) is 9.42. The third-order valence-corrected chi connectivity index (χ3v) is 4.71. The molecule has 1 N–H and O–H groups in total. The first-order chi connectivity index (χ1) is 9.13. The quantitative estimate of drug-likeness (QED) is 0.772. The van der Waals surface area contributed by atoms with Gasteiger partial charge in [0.1, 0.15) is 5.82 Å². The summed E-state index contributed by atoms with van der Waals surface area (Å²) in [6, 6.07) is 0.402. The van der Waals surface area contributed by atoms with Gasteiger partial charge in [-0.2, -0.15) is 5.10 Å². The molecule has 1 fully saturated rings. The summed E-state index contributed by atoms with van der Waals surface area (Å²) >= 11 is 5.34. The second kappa shape index (κ2) is 6.69. The van der Waals surface area contributed by atoms with Gasteiger partial charge in [0.25, 0.3) is 0 Å².